The summed E-state index contributed by atoms with van der Waals surface area (Å²) in [5, 5.41) is 8.71. The van der Waals surface area contributed by atoms with Crippen LogP contribution in [0, 0.1) is 17.8 Å². The van der Waals surface area contributed by atoms with Crippen LogP contribution in [0.15, 0.2) is 0 Å². The van der Waals surface area contributed by atoms with Crippen LogP contribution >= 0.6 is 0 Å². The van der Waals surface area contributed by atoms with Gasteiger partial charge in [0.2, 0.25) is 11.8 Å². The quantitative estimate of drug-likeness (QED) is 0.742. The highest BCUT2D eigenvalue weighted by molar-refractivity contribution is 6.06. The van der Waals surface area contributed by atoms with Crippen molar-refractivity contribution in [1.82, 2.24) is 4.90 Å². The smallest absolute Gasteiger partial charge is 0.305 e. The Morgan fingerprint density at radius 1 is 1.35 bits per heavy atom. The summed E-state index contributed by atoms with van der Waals surface area (Å²) in [5.74, 6) is -1.31. The van der Waals surface area contributed by atoms with E-state index in [9.17, 15) is 14.4 Å². The molecular weight excluding hydrogens is 222 g/mol. The SMILES string of the molecule is CC1CC2C(=O)N(C(C)CC(=O)O)C(=O)C2C1. The first-order valence-electron chi connectivity index (χ1n) is 6.00. The number of carboxylic acid groups (broad SMARTS) is 1. The van der Waals surface area contributed by atoms with Crippen molar-refractivity contribution >= 4 is 17.8 Å². The van der Waals surface area contributed by atoms with E-state index in [1.54, 1.807) is 6.92 Å². The van der Waals surface area contributed by atoms with Gasteiger partial charge in [-0.25, -0.2) is 0 Å². The number of rotatable bonds is 3. The van der Waals surface area contributed by atoms with Gasteiger partial charge in [-0.15, -0.1) is 0 Å². The zero-order chi connectivity index (χ0) is 12.7. The molecule has 0 aromatic rings. The molecule has 2 amide bonds. The number of carbonyl (C=O) groups excluding carboxylic acids is 2. The molecule has 1 N–H and O–H groups in total. The molecule has 0 bridgehead atoms. The van der Waals surface area contributed by atoms with Crippen LogP contribution in [0.2, 0.25) is 0 Å². The first-order chi connectivity index (χ1) is 7.91. The topological polar surface area (TPSA) is 74.7 Å². The molecule has 1 saturated heterocycles. The third kappa shape index (κ3) is 1.94. The molecule has 1 saturated carbocycles. The molecule has 0 aromatic heterocycles. The largest absolute Gasteiger partial charge is 0.481 e. The predicted molar refractivity (Wildman–Crippen MR) is 58.9 cm³/mol. The van der Waals surface area contributed by atoms with Gasteiger partial charge in [0.25, 0.3) is 0 Å². The van der Waals surface area contributed by atoms with E-state index in [1.807, 2.05) is 6.92 Å². The van der Waals surface area contributed by atoms with E-state index in [0.717, 1.165) is 12.8 Å². The minimum Gasteiger partial charge on any atom is -0.481 e. The van der Waals surface area contributed by atoms with Crippen LogP contribution in [-0.4, -0.2) is 33.8 Å². The molecule has 17 heavy (non-hydrogen) atoms. The van der Waals surface area contributed by atoms with Crippen molar-refractivity contribution in [3.63, 3.8) is 0 Å². The summed E-state index contributed by atoms with van der Waals surface area (Å²) in [6.07, 6.45) is 1.34. The van der Waals surface area contributed by atoms with E-state index in [0.29, 0.717) is 5.92 Å². The number of carbonyl (C=O) groups is 3. The second-order valence-electron chi connectivity index (χ2n) is 5.28. The molecular formula is C12H17NO4. The van der Waals surface area contributed by atoms with E-state index in [1.165, 1.54) is 4.90 Å². The number of carboxylic acids is 1. The van der Waals surface area contributed by atoms with Crippen molar-refractivity contribution in [2.24, 2.45) is 17.8 Å². The molecule has 3 unspecified atom stereocenters. The first-order valence-corrected chi connectivity index (χ1v) is 6.00. The van der Waals surface area contributed by atoms with Crippen molar-refractivity contribution < 1.29 is 19.5 Å². The van der Waals surface area contributed by atoms with E-state index in [2.05, 4.69) is 0 Å². The van der Waals surface area contributed by atoms with Gasteiger partial charge in [-0.1, -0.05) is 6.92 Å². The van der Waals surface area contributed by atoms with Crippen LogP contribution < -0.4 is 0 Å². The maximum atomic E-state index is 12.1. The number of fused-ring (bicyclic) bond motifs is 1. The molecule has 5 heteroatoms. The zero-order valence-electron chi connectivity index (χ0n) is 10.0. The first kappa shape index (κ1) is 12.1. The second-order valence-corrected chi connectivity index (χ2v) is 5.28. The molecule has 0 spiro atoms. The minimum absolute atomic E-state index is 0.168. The van der Waals surface area contributed by atoms with Gasteiger partial charge in [-0.2, -0.15) is 0 Å². The Hall–Kier alpha value is -1.39. The lowest BCUT2D eigenvalue weighted by atomic mass is 10.00. The molecule has 3 atom stereocenters. The summed E-state index contributed by atoms with van der Waals surface area (Å²) in [7, 11) is 0. The second kappa shape index (κ2) is 4.13. The summed E-state index contributed by atoms with van der Waals surface area (Å²) < 4.78 is 0. The molecule has 2 fully saturated rings. The van der Waals surface area contributed by atoms with Crippen molar-refractivity contribution in [2.45, 2.75) is 39.2 Å². The molecule has 1 aliphatic heterocycles. The fraction of sp³-hybridized carbons (Fsp3) is 0.750. The van der Waals surface area contributed by atoms with Gasteiger partial charge in [-0.3, -0.25) is 19.3 Å². The molecule has 2 rings (SSSR count). The summed E-state index contributed by atoms with van der Waals surface area (Å²) in [4.78, 5) is 36.0. The van der Waals surface area contributed by atoms with Crippen LogP contribution in [0.3, 0.4) is 0 Å². The number of imide groups is 1. The highest BCUT2D eigenvalue weighted by Gasteiger charge is 2.52. The Balaban J connectivity index is 2.14. The fourth-order valence-corrected chi connectivity index (χ4v) is 3.08. The number of nitrogens with zero attached hydrogens (tertiary/aromatic N) is 1. The Bertz CT molecular complexity index is 355. The van der Waals surface area contributed by atoms with Crippen molar-refractivity contribution in [3.05, 3.63) is 0 Å². The standard InChI is InChI=1S/C12H17NO4/c1-6-3-8-9(4-6)12(17)13(11(8)16)7(2)5-10(14)15/h6-9H,3-5H2,1-2H3,(H,14,15). The molecule has 1 heterocycles. The van der Waals surface area contributed by atoms with E-state index < -0.39 is 12.0 Å². The highest BCUT2D eigenvalue weighted by atomic mass is 16.4. The van der Waals surface area contributed by atoms with Gasteiger partial charge in [0, 0.05) is 6.04 Å². The summed E-state index contributed by atoms with van der Waals surface area (Å²) >= 11 is 0. The van der Waals surface area contributed by atoms with Crippen molar-refractivity contribution in [1.29, 1.82) is 0 Å². The number of hydrogen-bond acceptors (Lipinski definition) is 3. The molecule has 0 aromatic carbocycles. The lowest BCUT2D eigenvalue weighted by Gasteiger charge is -2.22. The zero-order valence-corrected chi connectivity index (χ0v) is 10.0. The third-order valence-corrected chi connectivity index (χ3v) is 3.82. The van der Waals surface area contributed by atoms with Gasteiger partial charge in [0.1, 0.15) is 0 Å². The molecule has 5 nitrogen and oxygen atoms in total. The Morgan fingerprint density at radius 2 is 1.82 bits per heavy atom. The van der Waals surface area contributed by atoms with E-state index in [-0.39, 0.29) is 30.1 Å². The molecule has 0 radical (unpaired) electrons. The number of aliphatic carboxylic acids is 1. The van der Waals surface area contributed by atoms with Crippen LogP contribution in [0.4, 0.5) is 0 Å². The van der Waals surface area contributed by atoms with Gasteiger partial charge < -0.3 is 5.11 Å². The average molecular weight is 239 g/mol. The third-order valence-electron chi connectivity index (χ3n) is 3.82. The number of hydrogen-bond donors (Lipinski definition) is 1. The van der Waals surface area contributed by atoms with Crippen molar-refractivity contribution in [2.75, 3.05) is 0 Å². The van der Waals surface area contributed by atoms with Crippen molar-refractivity contribution in [3.8, 4) is 0 Å². The van der Waals surface area contributed by atoms with Crippen LogP contribution in [0.1, 0.15) is 33.1 Å². The molecule has 2 aliphatic rings. The Kier molecular flexibility index (Phi) is 2.93. The van der Waals surface area contributed by atoms with Gasteiger partial charge in [0.15, 0.2) is 0 Å². The monoisotopic (exact) mass is 239 g/mol. The Labute approximate surface area is 99.8 Å². The van der Waals surface area contributed by atoms with Crippen LogP contribution in [0.25, 0.3) is 0 Å². The summed E-state index contributed by atoms with van der Waals surface area (Å²) in [5.41, 5.74) is 0. The minimum atomic E-state index is -0.983. The van der Waals surface area contributed by atoms with Crippen LogP contribution in [0.5, 0.6) is 0 Å². The number of likely N-dealkylation sites (tertiary alicyclic amines) is 1. The maximum Gasteiger partial charge on any atom is 0.305 e. The maximum absolute atomic E-state index is 12.1. The molecule has 1 aliphatic carbocycles. The van der Waals surface area contributed by atoms with Gasteiger partial charge in [0.05, 0.1) is 18.3 Å². The lowest BCUT2D eigenvalue weighted by molar-refractivity contribution is -0.145. The lowest BCUT2D eigenvalue weighted by Crippen LogP contribution is -2.40. The highest BCUT2D eigenvalue weighted by Crippen LogP contribution is 2.43. The van der Waals surface area contributed by atoms with E-state index >= 15 is 0 Å². The van der Waals surface area contributed by atoms with Crippen LogP contribution in [-0.2, 0) is 14.4 Å². The summed E-state index contributed by atoms with van der Waals surface area (Å²) in [6.45, 7) is 3.66. The van der Waals surface area contributed by atoms with Gasteiger partial charge >= 0.3 is 5.97 Å². The normalized spacial score (nSPS) is 34.0. The summed E-state index contributed by atoms with van der Waals surface area (Å²) in [6, 6.07) is -0.534. The fourth-order valence-electron chi connectivity index (χ4n) is 3.08. The molecule has 94 valence electrons. The number of amides is 2. The van der Waals surface area contributed by atoms with Gasteiger partial charge in [-0.05, 0) is 25.7 Å². The Morgan fingerprint density at radius 3 is 2.24 bits per heavy atom. The predicted octanol–water partition coefficient (Wildman–Crippen LogP) is 0.881. The van der Waals surface area contributed by atoms with E-state index in [4.69, 9.17) is 5.11 Å². The average Bonchev–Trinajstić information content (AvgIpc) is 2.67.